The molecule has 290 valence electrons. The van der Waals surface area contributed by atoms with Crippen LogP contribution in [0.1, 0.15) is 44.5 Å². The minimum Gasteiger partial charge on any atom is -0.373 e. The Morgan fingerprint density at radius 2 is 0.875 bits per heavy atom. The normalized spacial score (nSPS) is 10.3. The first-order valence-corrected chi connectivity index (χ1v) is 18.2. The van der Waals surface area contributed by atoms with Crippen molar-refractivity contribution in [2.45, 2.75) is 55.4 Å². The van der Waals surface area contributed by atoms with Crippen molar-refractivity contribution < 1.29 is 40.2 Å². The van der Waals surface area contributed by atoms with E-state index in [2.05, 4.69) is 134 Å². The molecule has 5 aromatic carbocycles. The van der Waals surface area contributed by atoms with Crippen LogP contribution in [-0.4, -0.2) is 28.7 Å². The molecule has 0 N–H and O–H groups in total. The average molecular weight is 1090 g/mol. The molecule has 56 heavy (non-hydrogen) atoms. The number of nitrogens with zero attached hydrogens (tertiary/aromatic N) is 6. The molecular formula is C48H47Ir2N6-3. The minimum atomic E-state index is 0. The minimum absolute atomic E-state index is 0. The van der Waals surface area contributed by atoms with Gasteiger partial charge in [0.15, 0.2) is 0 Å². The van der Waals surface area contributed by atoms with Gasteiger partial charge < -0.3 is 13.7 Å². The third kappa shape index (κ3) is 10.3. The second-order valence-corrected chi connectivity index (χ2v) is 13.9. The first-order valence-electron chi connectivity index (χ1n) is 18.2. The Labute approximate surface area is 359 Å². The smallest absolute Gasteiger partial charge is 0.0603 e. The van der Waals surface area contributed by atoms with E-state index in [1.807, 2.05) is 91.1 Å². The van der Waals surface area contributed by atoms with E-state index in [1.165, 1.54) is 50.3 Å². The van der Waals surface area contributed by atoms with E-state index in [0.717, 1.165) is 39.7 Å². The number of hydrogen-bond acceptors (Lipinski definition) is 3. The maximum Gasteiger partial charge on any atom is 0.0603 e. The Hall–Kier alpha value is -4.97. The van der Waals surface area contributed by atoms with Crippen LogP contribution >= 0.6 is 0 Å². The Morgan fingerprint density at radius 1 is 0.464 bits per heavy atom. The molecule has 8 aromatic rings. The van der Waals surface area contributed by atoms with Crippen LogP contribution in [0.2, 0.25) is 0 Å². The Balaban J connectivity index is 0.000000190. The summed E-state index contributed by atoms with van der Waals surface area (Å²) in [6.07, 6.45) is 11.5. The molecule has 8 rings (SSSR count). The summed E-state index contributed by atoms with van der Waals surface area (Å²) in [5, 5.41) is 0. The van der Waals surface area contributed by atoms with E-state index in [4.69, 9.17) is 0 Å². The predicted octanol–water partition coefficient (Wildman–Crippen LogP) is 11.0. The molecule has 0 aliphatic rings. The number of rotatable bonds is 5. The number of aryl methyl sites for hydroxylation is 9. The van der Waals surface area contributed by atoms with Crippen LogP contribution in [0.25, 0.3) is 45.5 Å². The van der Waals surface area contributed by atoms with E-state index in [1.54, 1.807) is 6.20 Å². The largest absolute Gasteiger partial charge is 0.373 e. The van der Waals surface area contributed by atoms with Gasteiger partial charge in [0.25, 0.3) is 0 Å². The van der Waals surface area contributed by atoms with Crippen molar-refractivity contribution in [2.24, 2.45) is 7.05 Å². The molecule has 0 bridgehead atoms. The van der Waals surface area contributed by atoms with Gasteiger partial charge in [0.1, 0.15) is 0 Å². The monoisotopic (exact) mass is 1090 g/mol. The molecule has 0 unspecified atom stereocenters. The molecule has 0 fully saturated rings. The van der Waals surface area contributed by atoms with Crippen molar-refractivity contribution in [3.63, 3.8) is 0 Å². The molecular weight excluding hydrogens is 1050 g/mol. The topological polar surface area (TPSA) is 53.5 Å². The SMILES string of the molecule is Cc1[c-]c(-c2nccn2-c2c(C)cc(C)cc2C)cc(C)c1.Cc1cc(C)c(-n2ccnc2-c2[c-]cccc2)c(C)c1.Cn1ccnc1-c1[c-]cccc1.[Ir].[Ir]. The summed E-state index contributed by atoms with van der Waals surface area (Å²) in [5.74, 6) is 2.83. The van der Waals surface area contributed by atoms with Gasteiger partial charge in [0, 0.05) is 95.8 Å². The van der Waals surface area contributed by atoms with Crippen LogP contribution in [0, 0.1) is 73.6 Å². The third-order valence-electron chi connectivity index (χ3n) is 9.14. The van der Waals surface area contributed by atoms with Gasteiger partial charge in [-0.3, -0.25) is 15.0 Å². The third-order valence-corrected chi connectivity index (χ3v) is 9.14. The predicted molar refractivity (Wildman–Crippen MR) is 221 cm³/mol. The summed E-state index contributed by atoms with van der Waals surface area (Å²) in [6.45, 7) is 17.1. The Bertz CT molecular complexity index is 2430. The molecule has 3 heterocycles. The molecule has 0 saturated carbocycles. The second kappa shape index (κ2) is 19.8. The van der Waals surface area contributed by atoms with Crippen LogP contribution < -0.4 is 0 Å². The zero-order valence-electron chi connectivity index (χ0n) is 33.4. The van der Waals surface area contributed by atoms with Crippen LogP contribution in [0.3, 0.4) is 0 Å². The maximum atomic E-state index is 4.58. The van der Waals surface area contributed by atoms with Crippen molar-refractivity contribution >= 4 is 0 Å². The summed E-state index contributed by atoms with van der Waals surface area (Å²) < 4.78 is 6.30. The molecule has 6 nitrogen and oxygen atoms in total. The van der Waals surface area contributed by atoms with Crippen molar-refractivity contribution in [2.75, 3.05) is 0 Å². The second-order valence-electron chi connectivity index (χ2n) is 13.9. The summed E-state index contributed by atoms with van der Waals surface area (Å²) in [4.78, 5) is 13.3. The quantitative estimate of drug-likeness (QED) is 0.161. The van der Waals surface area contributed by atoms with Gasteiger partial charge in [-0.05, 0) is 63.8 Å². The maximum absolute atomic E-state index is 4.58. The summed E-state index contributed by atoms with van der Waals surface area (Å²) in [5.41, 5.74) is 15.5. The van der Waals surface area contributed by atoms with Crippen LogP contribution in [-0.2, 0) is 47.3 Å². The molecule has 3 aromatic heterocycles. The van der Waals surface area contributed by atoms with Gasteiger partial charge in [-0.1, -0.05) is 49.2 Å². The first-order chi connectivity index (χ1) is 26.0. The van der Waals surface area contributed by atoms with Gasteiger partial charge in [-0.25, -0.2) is 0 Å². The first kappa shape index (κ1) is 43.8. The van der Waals surface area contributed by atoms with Crippen molar-refractivity contribution in [1.29, 1.82) is 0 Å². The summed E-state index contributed by atoms with van der Waals surface area (Å²) in [6, 6.07) is 38.7. The Kier molecular flexibility index (Phi) is 15.4. The fourth-order valence-corrected chi connectivity index (χ4v) is 7.18. The fourth-order valence-electron chi connectivity index (χ4n) is 7.18. The van der Waals surface area contributed by atoms with E-state index in [9.17, 15) is 0 Å². The number of imidazole rings is 3. The van der Waals surface area contributed by atoms with Crippen molar-refractivity contribution in [3.8, 4) is 45.5 Å². The number of benzene rings is 5. The van der Waals surface area contributed by atoms with Crippen molar-refractivity contribution in [3.05, 3.63) is 185 Å². The van der Waals surface area contributed by atoms with Crippen LogP contribution in [0.5, 0.6) is 0 Å². The molecule has 0 amide bonds. The van der Waals surface area contributed by atoms with E-state index < -0.39 is 0 Å². The van der Waals surface area contributed by atoms with E-state index in [0.29, 0.717) is 0 Å². The zero-order chi connectivity index (χ0) is 38.4. The van der Waals surface area contributed by atoms with Crippen molar-refractivity contribution in [1.82, 2.24) is 28.7 Å². The number of hydrogen-bond donors (Lipinski definition) is 0. The molecule has 0 aliphatic heterocycles. The standard InChI is InChI=1S/C20H21N2.C18H17N2.C10H9N2.2Ir/c1-13-8-14(2)12-18(11-13)20-21-6-7-22(20)19-16(4)9-15(3)10-17(19)5;1-13-11-14(2)17(15(3)12-13)20-10-9-19-18(20)16-7-5-4-6-8-16;1-12-8-7-11-10(12)9-5-3-2-4-6-9;;/h6-11H,1-5H3;4-7,9-12H,1-3H3;2-5,7-8H,1H3;;/q3*-1;;. The molecule has 0 atom stereocenters. The molecule has 8 heteroatoms. The molecule has 2 radical (unpaired) electrons. The van der Waals surface area contributed by atoms with E-state index in [-0.39, 0.29) is 40.2 Å². The molecule has 0 spiro atoms. The fraction of sp³-hybridized carbons (Fsp3) is 0.188. The van der Waals surface area contributed by atoms with Gasteiger partial charge in [-0.2, -0.15) is 0 Å². The average Bonchev–Trinajstić information content (AvgIpc) is 3.91. The van der Waals surface area contributed by atoms with Gasteiger partial charge in [-0.15, -0.1) is 107 Å². The molecule has 0 aliphatic carbocycles. The van der Waals surface area contributed by atoms with E-state index >= 15 is 0 Å². The van der Waals surface area contributed by atoms with Crippen LogP contribution in [0.15, 0.2) is 122 Å². The zero-order valence-corrected chi connectivity index (χ0v) is 38.2. The van der Waals surface area contributed by atoms with Gasteiger partial charge in [0.2, 0.25) is 0 Å². The van der Waals surface area contributed by atoms with Gasteiger partial charge in [0.05, 0.1) is 17.5 Å². The number of aromatic nitrogens is 6. The Morgan fingerprint density at radius 3 is 1.29 bits per heavy atom. The summed E-state index contributed by atoms with van der Waals surface area (Å²) >= 11 is 0. The molecule has 0 saturated heterocycles. The van der Waals surface area contributed by atoms with Crippen LogP contribution in [0.4, 0.5) is 0 Å². The summed E-state index contributed by atoms with van der Waals surface area (Å²) in [7, 11) is 1.98. The van der Waals surface area contributed by atoms with Gasteiger partial charge >= 0.3 is 0 Å².